The van der Waals surface area contributed by atoms with Gasteiger partial charge in [0.25, 0.3) is 0 Å². The van der Waals surface area contributed by atoms with E-state index in [1.165, 1.54) is 0 Å². The van der Waals surface area contributed by atoms with Crippen LogP contribution in [-0.4, -0.2) is 37.3 Å². The van der Waals surface area contributed by atoms with Gasteiger partial charge in [-0.2, -0.15) is 4.98 Å². The van der Waals surface area contributed by atoms with Gasteiger partial charge in [-0.3, -0.25) is 0 Å². The molecule has 1 heterocycles. The maximum atomic E-state index is 6.19. The van der Waals surface area contributed by atoms with Crippen molar-refractivity contribution in [1.29, 1.82) is 0 Å². The maximum absolute atomic E-state index is 6.19. The van der Waals surface area contributed by atoms with Gasteiger partial charge in [-0.25, -0.2) is 4.98 Å². The number of fused-ring (bicyclic) bond motifs is 1. The van der Waals surface area contributed by atoms with Crippen molar-refractivity contribution < 1.29 is 9.47 Å². The Kier molecular flexibility index (Phi) is 6.10. The van der Waals surface area contributed by atoms with Crippen LogP contribution in [0.4, 0.5) is 5.82 Å². The Hall–Kier alpha value is -1.75. The highest BCUT2D eigenvalue weighted by molar-refractivity contribution is 6.28. The van der Waals surface area contributed by atoms with Crippen LogP contribution in [0.5, 0.6) is 11.5 Å². The first-order valence-corrected chi connectivity index (χ1v) is 8.57. The summed E-state index contributed by atoms with van der Waals surface area (Å²) in [5, 5.41) is 1.15. The van der Waals surface area contributed by atoms with Gasteiger partial charge >= 0.3 is 0 Å². The average Bonchev–Trinajstić information content (AvgIpc) is 2.51. The third kappa shape index (κ3) is 4.20. The van der Waals surface area contributed by atoms with Gasteiger partial charge in [-0.15, -0.1) is 0 Å². The molecule has 0 spiro atoms. The summed E-state index contributed by atoms with van der Waals surface area (Å²) in [4.78, 5) is 11.2. The Balaban J connectivity index is 2.65. The fourth-order valence-corrected chi connectivity index (χ4v) is 2.95. The van der Waals surface area contributed by atoms with Gasteiger partial charge in [0.15, 0.2) is 11.5 Å². The van der Waals surface area contributed by atoms with E-state index in [0.717, 1.165) is 29.8 Å². The molecule has 1 aromatic carbocycles. The minimum Gasteiger partial charge on any atom is -0.493 e. The summed E-state index contributed by atoms with van der Waals surface area (Å²) >= 11 is 6.19. The molecule has 0 saturated heterocycles. The van der Waals surface area contributed by atoms with Gasteiger partial charge in [0.05, 0.1) is 19.7 Å². The molecule has 0 aliphatic rings. The van der Waals surface area contributed by atoms with Crippen molar-refractivity contribution in [3.63, 3.8) is 0 Å². The van der Waals surface area contributed by atoms with Gasteiger partial charge < -0.3 is 14.4 Å². The number of aromatic nitrogens is 2. The van der Waals surface area contributed by atoms with Gasteiger partial charge in [0.2, 0.25) is 5.28 Å². The molecular formula is C18H26ClN3O2. The van der Waals surface area contributed by atoms with E-state index < -0.39 is 0 Å². The molecule has 0 radical (unpaired) electrons. The Morgan fingerprint density at radius 1 is 0.958 bits per heavy atom. The van der Waals surface area contributed by atoms with E-state index in [4.69, 9.17) is 21.1 Å². The summed E-state index contributed by atoms with van der Waals surface area (Å²) < 4.78 is 10.8. The number of anilines is 1. The molecule has 0 aliphatic heterocycles. The zero-order chi connectivity index (χ0) is 17.9. The highest BCUT2D eigenvalue weighted by atomic mass is 35.5. The lowest BCUT2D eigenvalue weighted by atomic mass is 10.1. The second-order valence-corrected chi connectivity index (χ2v) is 7.07. The normalized spacial score (nSPS) is 11.4. The van der Waals surface area contributed by atoms with Gasteiger partial charge in [-0.1, -0.05) is 27.7 Å². The monoisotopic (exact) mass is 351 g/mol. The highest BCUT2D eigenvalue weighted by Gasteiger charge is 2.19. The molecule has 0 atom stereocenters. The van der Waals surface area contributed by atoms with E-state index in [1.54, 1.807) is 14.2 Å². The van der Waals surface area contributed by atoms with Crippen LogP contribution < -0.4 is 14.4 Å². The molecule has 24 heavy (non-hydrogen) atoms. The lowest BCUT2D eigenvalue weighted by Gasteiger charge is -2.28. The minimum absolute atomic E-state index is 0.238. The van der Waals surface area contributed by atoms with E-state index in [9.17, 15) is 0 Å². The molecule has 0 N–H and O–H groups in total. The van der Waals surface area contributed by atoms with Crippen LogP contribution in [-0.2, 0) is 0 Å². The molecule has 5 nitrogen and oxygen atoms in total. The van der Waals surface area contributed by atoms with Crippen molar-refractivity contribution in [2.24, 2.45) is 11.8 Å². The maximum Gasteiger partial charge on any atom is 0.224 e. The zero-order valence-electron chi connectivity index (χ0n) is 15.3. The number of halogens is 1. The molecular weight excluding hydrogens is 326 g/mol. The third-order valence-corrected chi connectivity index (χ3v) is 3.79. The van der Waals surface area contributed by atoms with Crippen LogP contribution in [0.1, 0.15) is 27.7 Å². The minimum atomic E-state index is 0.238. The molecule has 0 aliphatic carbocycles. The fourth-order valence-electron chi connectivity index (χ4n) is 2.78. The summed E-state index contributed by atoms with van der Waals surface area (Å²) in [5.41, 5.74) is 0.750. The van der Waals surface area contributed by atoms with Crippen LogP contribution in [0, 0.1) is 11.8 Å². The summed E-state index contributed by atoms with van der Waals surface area (Å²) in [7, 11) is 3.23. The fraction of sp³-hybridized carbons (Fsp3) is 0.556. The van der Waals surface area contributed by atoms with E-state index in [0.29, 0.717) is 23.3 Å². The van der Waals surface area contributed by atoms with Crippen LogP contribution in [0.2, 0.25) is 5.28 Å². The third-order valence-electron chi connectivity index (χ3n) is 3.62. The molecule has 0 saturated carbocycles. The number of hydrogen-bond acceptors (Lipinski definition) is 5. The molecule has 0 bridgehead atoms. The Morgan fingerprint density at radius 2 is 1.50 bits per heavy atom. The first kappa shape index (κ1) is 18.6. The predicted octanol–water partition coefficient (Wildman–Crippen LogP) is 4.42. The number of hydrogen-bond donors (Lipinski definition) is 0. The number of benzene rings is 1. The standard InChI is InChI=1S/C18H26ClN3O2/c1-11(2)9-22(10-12(3)4)17-13-7-15(23-5)16(24-6)8-14(13)20-18(19)21-17/h7-8,11-12H,9-10H2,1-6H3. The summed E-state index contributed by atoms with van der Waals surface area (Å²) in [6.45, 7) is 10.6. The van der Waals surface area contributed by atoms with Crippen LogP contribution in [0.15, 0.2) is 12.1 Å². The van der Waals surface area contributed by atoms with Crippen molar-refractivity contribution in [2.45, 2.75) is 27.7 Å². The smallest absolute Gasteiger partial charge is 0.224 e. The van der Waals surface area contributed by atoms with Crippen LogP contribution in [0.25, 0.3) is 10.9 Å². The molecule has 0 amide bonds. The molecule has 0 unspecified atom stereocenters. The predicted molar refractivity (Wildman–Crippen MR) is 99.5 cm³/mol. The van der Waals surface area contributed by atoms with Crippen LogP contribution >= 0.6 is 11.6 Å². The lowest BCUT2D eigenvalue weighted by Crippen LogP contribution is -2.32. The van der Waals surface area contributed by atoms with E-state index >= 15 is 0 Å². The van der Waals surface area contributed by atoms with E-state index in [-0.39, 0.29) is 5.28 Å². The Bertz CT molecular complexity index is 694. The van der Waals surface area contributed by atoms with E-state index in [2.05, 4.69) is 42.6 Å². The van der Waals surface area contributed by atoms with Crippen LogP contribution in [0.3, 0.4) is 0 Å². The van der Waals surface area contributed by atoms with Crippen molar-refractivity contribution in [3.8, 4) is 11.5 Å². The Morgan fingerprint density at radius 3 is 2.00 bits per heavy atom. The van der Waals surface area contributed by atoms with Crippen molar-refractivity contribution in [2.75, 3.05) is 32.2 Å². The second-order valence-electron chi connectivity index (χ2n) is 6.73. The quantitative estimate of drug-likeness (QED) is 0.691. The summed E-state index contributed by atoms with van der Waals surface area (Å²) in [6.07, 6.45) is 0. The molecule has 0 fully saturated rings. The Labute approximate surface area is 148 Å². The number of methoxy groups -OCH3 is 2. The van der Waals surface area contributed by atoms with Gasteiger partial charge in [-0.05, 0) is 29.5 Å². The van der Waals surface area contributed by atoms with Crippen molar-refractivity contribution >= 4 is 28.3 Å². The molecule has 2 rings (SSSR count). The molecule has 1 aromatic heterocycles. The van der Waals surface area contributed by atoms with E-state index in [1.807, 2.05) is 12.1 Å². The first-order chi connectivity index (χ1) is 11.3. The second kappa shape index (κ2) is 7.88. The van der Waals surface area contributed by atoms with Crippen molar-refractivity contribution in [3.05, 3.63) is 17.4 Å². The highest BCUT2D eigenvalue weighted by Crippen LogP contribution is 2.36. The SMILES string of the molecule is COc1cc2nc(Cl)nc(N(CC(C)C)CC(C)C)c2cc1OC. The summed E-state index contributed by atoms with van der Waals surface area (Å²) in [6, 6.07) is 3.77. The van der Waals surface area contributed by atoms with Crippen molar-refractivity contribution in [1.82, 2.24) is 9.97 Å². The number of nitrogens with zero attached hydrogens (tertiary/aromatic N) is 3. The van der Waals surface area contributed by atoms with Gasteiger partial charge in [0.1, 0.15) is 5.82 Å². The number of ether oxygens (including phenoxy) is 2. The largest absolute Gasteiger partial charge is 0.493 e. The zero-order valence-corrected chi connectivity index (χ0v) is 16.0. The molecule has 2 aromatic rings. The summed E-state index contributed by atoms with van der Waals surface area (Å²) in [5.74, 6) is 3.14. The number of rotatable bonds is 7. The lowest BCUT2D eigenvalue weighted by molar-refractivity contribution is 0.356. The first-order valence-electron chi connectivity index (χ1n) is 8.19. The topological polar surface area (TPSA) is 47.5 Å². The average molecular weight is 352 g/mol. The molecule has 6 heteroatoms. The molecule has 132 valence electrons. The van der Waals surface area contributed by atoms with Gasteiger partial charge in [0, 0.05) is 24.5 Å².